The minimum Gasteiger partial charge on any atom is -0.493 e. The van der Waals surface area contributed by atoms with Gasteiger partial charge in [0.2, 0.25) is 0 Å². The van der Waals surface area contributed by atoms with Crippen LogP contribution in [0.15, 0.2) is 36.4 Å². The minimum absolute atomic E-state index is 0.112. The molecule has 0 aromatic heterocycles. The molecule has 1 amide bonds. The van der Waals surface area contributed by atoms with E-state index in [1.807, 2.05) is 18.2 Å². The van der Waals surface area contributed by atoms with E-state index in [1.54, 1.807) is 21.3 Å². The van der Waals surface area contributed by atoms with Crippen LogP contribution in [0.25, 0.3) is 0 Å². The topological polar surface area (TPSA) is 65.1 Å². The third-order valence-electron chi connectivity index (χ3n) is 4.28. The number of benzene rings is 2. The van der Waals surface area contributed by atoms with Gasteiger partial charge in [0.05, 0.1) is 19.8 Å². The monoisotopic (exact) mass is 389 g/mol. The van der Waals surface area contributed by atoms with Gasteiger partial charge >= 0.3 is 0 Å². The first-order valence-corrected chi connectivity index (χ1v) is 8.73. The Labute approximate surface area is 163 Å². The molecule has 0 radical (unpaired) electrons. The van der Waals surface area contributed by atoms with Crippen molar-refractivity contribution in [2.45, 2.75) is 13.3 Å². The summed E-state index contributed by atoms with van der Waals surface area (Å²) in [4.78, 5) is 25.4. The van der Waals surface area contributed by atoms with Crippen LogP contribution in [0.5, 0.6) is 17.2 Å². The highest BCUT2D eigenvalue weighted by atomic mass is 19.1. The Morgan fingerprint density at radius 2 is 1.68 bits per heavy atom. The van der Waals surface area contributed by atoms with Crippen LogP contribution in [0, 0.1) is 5.82 Å². The largest absolute Gasteiger partial charge is 0.493 e. The van der Waals surface area contributed by atoms with E-state index in [2.05, 4.69) is 0 Å². The molecule has 0 unspecified atom stereocenters. The summed E-state index contributed by atoms with van der Waals surface area (Å²) in [6.45, 7) is 1.55. The number of halogens is 1. The fourth-order valence-electron chi connectivity index (χ4n) is 2.61. The molecule has 0 aliphatic carbocycles. The van der Waals surface area contributed by atoms with Gasteiger partial charge in [-0.05, 0) is 49.2 Å². The Morgan fingerprint density at radius 1 is 1.00 bits per heavy atom. The van der Waals surface area contributed by atoms with Gasteiger partial charge in [0.25, 0.3) is 5.91 Å². The predicted octanol–water partition coefficient (Wildman–Crippen LogP) is 3.13. The summed E-state index contributed by atoms with van der Waals surface area (Å²) in [5, 5.41) is 0. The van der Waals surface area contributed by atoms with Crippen LogP contribution in [-0.2, 0) is 11.2 Å². The van der Waals surface area contributed by atoms with Gasteiger partial charge in [0, 0.05) is 13.6 Å². The molecular formula is C21H24FNO5. The number of carbonyl (C=O) groups is 2. The Kier molecular flexibility index (Phi) is 7.37. The second-order valence-corrected chi connectivity index (χ2v) is 6.24. The van der Waals surface area contributed by atoms with E-state index in [0.29, 0.717) is 24.5 Å². The third kappa shape index (κ3) is 5.45. The summed E-state index contributed by atoms with van der Waals surface area (Å²) < 4.78 is 29.2. The van der Waals surface area contributed by atoms with E-state index in [4.69, 9.17) is 14.2 Å². The van der Waals surface area contributed by atoms with Gasteiger partial charge in [-0.3, -0.25) is 9.59 Å². The van der Waals surface area contributed by atoms with Crippen molar-refractivity contribution in [3.8, 4) is 17.2 Å². The normalized spacial score (nSPS) is 10.3. The first-order chi connectivity index (χ1) is 13.3. The molecule has 0 fully saturated rings. The van der Waals surface area contributed by atoms with Gasteiger partial charge in [0.1, 0.15) is 11.6 Å². The Morgan fingerprint density at radius 3 is 2.32 bits per heavy atom. The maximum atomic E-state index is 13.3. The molecule has 150 valence electrons. The van der Waals surface area contributed by atoms with E-state index < -0.39 is 5.82 Å². The molecular weight excluding hydrogens is 365 g/mol. The fraction of sp³-hybridized carbons (Fsp3) is 0.333. The maximum Gasteiger partial charge on any atom is 0.260 e. The number of carbonyl (C=O) groups excluding carboxylic acids is 2. The van der Waals surface area contributed by atoms with Crippen LogP contribution in [-0.4, -0.2) is 51.0 Å². The van der Waals surface area contributed by atoms with Gasteiger partial charge in [-0.1, -0.05) is 6.07 Å². The van der Waals surface area contributed by atoms with Crippen molar-refractivity contribution in [2.75, 3.05) is 34.4 Å². The average Bonchev–Trinajstić information content (AvgIpc) is 2.70. The highest BCUT2D eigenvalue weighted by Crippen LogP contribution is 2.27. The number of likely N-dealkylation sites (N-methyl/N-ethyl adjacent to an activating group) is 1. The number of methoxy groups -OCH3 is 2. The van der Waals surface area contributed by atoms with Gasteiger partial charge in [0.15, 0.2) is 23.9 Å². The summed E-state index contributed by atoms with van der Waals surface area (Å²) in [6, 6.07) is 9.23. The van der Waals surface area contributed by atoms with E-state index >= 15 is 0 Å². The molecule has 0 saturated heterocycles. The molecule has 0 spiro atoms. The van der Waals surface area contributed by atoms with Crippen molar-refractivity contribution in [3.63, 3.8) is 0 Å². The minimum atomic E-state index is -0.532. The molecule has 0 bridgehead atoms. The molecule has 2 rings (SSSR count). The second-order valence-electron chi connectivity index (χ2n) is 6.24. The van der Waals surface area contributed by atoms with Crippen LogP contribution in [0.4, 0.5) is 4.39 Å². The highest BCUT2D eigenvalue weighted by Gasteiger charge is 2.14. The van der Waals surface area contributed by atoms with Crippen molar-refractivity contribution in [1.29, 1.82) is 0 Å². The van der Waals surface area contributed by atoms with E-state index in [-0.39, 0.29) is 29.6 Å². The SMILES string of the molecule is COc1ccc(CCN(C)C(=O)COc2ccc(F)cc2C(C)=O)cc1OC. The number of nitrogens with zero attached hydrogens (tertiary/aromatic N) is 1. The van der Waals surface area contributed by atoms with E-state index in [1.165, 1.54) is 24.0 Å². The van der Waals surface area contributed by atoms with Crippen molar-refractivity contribution < 1.29 is 28.2 Å². The molecule has 2 aromatic carbocycles. The van der Waals surface area contributed by atoms with Crippen molar-refractivity contribution in [2.24, 2.45) is 0 Å². The molecule has 28 heavy (non-hydrogen) atoms. The molecule has 0 N–H and O–H groups in total. The lowest BCUT2D eigenvalue weighted by molar-refractivity contribution is -0.132. The lowest BCUT2D eigenvalue weighted by Gasteiger charge is -2.18. The Bertz CT molecular complexity index is 853. The zero-order valence-electron chi connectivity index (χ0n) is 16.5. The van der Waals surface area contributed by atoms with Crippen LogP contribution < -0.4 is 14.2 Å². The third-order valence-corrected chi connectivity index (χ3v) is 4.28. The molecule has 2 aromatic rings. The highest BCUT2D eigenvalue weighted by molar-refractivity contribution is 5.96. The predicted molar refractivity (Wildman–Crippen MR) is 103 cm³/mol. The number of ketones is 1. The van der Waals surface area contributed by atoms with Crippen LogP contribution in [0.3, 0.4) is 0 Å². The van der Waals surface area contributed by atoms with Crippen molar-refractivity contribution in [3.05, 3.63) is 53.3 Å². The zero-order chi connectivity index (χ0) is 20.7. The smallest absolute Gasteiger partial charge is 0.260 e. The fourth-order valence-corrected chi connectivity index (χ4v) is 2.61. The summed E-state index contributed by atoms with van der Waals surface area (Å²) in [6.07, 6.45) is 0.623. The summed E-state index contributed by atoms with van der Waals surface area (Å²) in [5.74, 6) is 0.351. The van der Waals surface area contributed by atoms with Gasteiger partial charge in [-0.25, -0.2) is 4.39 Å². The summed E-state index contributed by atoms with van der Waals surface area (Å²) in [5.41, 5.74) is 1.11. The Balaban J connectivity index is 1.92. The molecule has 0 atom stereocenters. The van der Waals surface area contributed by atoms with E-state index in [9.17, 15) is 14.0 Å². The standard InChI is InChI=1S/C21H24FNO5/c1-14(24)17-12-16(22)6-8-18(17)28-13-21(25)23(2)10-9-15-5-7-19(26-3)20(11-15)27-4/h5-8,11-12H,9-10,13H2,1-4H3. The lowest BCUT2D eigenvalue weighted by Crippen LogP contribution is -2.33. The molecule has 7 heteroatoms. The number of hydrogen-bond acceptors (Lipinski definition) is 5. The lowest BCUT2D eigenvalue weighted by atomic mass is 10.1. The summed E-state index contributed by atoms with van der Waals surface area (Å²) >= 11 is 0. The maximum absolute atomic E-state index is 13.3. The molecule has 0 aliphatic rings. The Hall–Kier alpha value is -3.09. The molecule has 6 nitrogen and oxygen atoms in total. The second kappa shape index (κ2) is 9.73. The van der Waals surface area contributed by atoms with Gasteiger partial charge in [-0.15, -0.1) is 0 Å². The number of ether oxygens (including phenoxy) is 3. The van der Waals surface area contributed by atoms with Crippen LogP contribution in [0.1, 0.15) is 22.8 Å². The first kappa shape index (κ1) is 21.2. The molecule has 0 saturated carbocycles. The number of Topliss-reactive ketones (excluding diaryl/α,β-unsaturated/α-hetero) is 1. The quantitative estimate of drug-likeness (QED) is 0.617. The average molecular weight is 389 g/mol. The van der Waals surface area contributed by atoms with Crippen molar-refractivity contribution in [1.82, 2.24) is 4.90 Å². The van der Waals surface area contributed by atoms with Crippen LogP contribution in [0.2, 0.25) is 0 Å². The number of rotatable bonds is 9. The number of hydrogen-bond donors (Lipinski definition) is 0. The summed E-state index contributed by atoms with van der Waals surface area (Å²) in [7, 11) is 4.81. The van der Waals surface area contributed by atoms with Crippen molar-refractivity contribution >= 4 is 11.7 Å². The van der Waals surface area contributed by atoms with Gasteiger partial charge < -0.3 is 19.1 Å². The zero-order valence-corrected chi connectivity index (χ0v) is 16.5. The van der Waals surface area contributed by atoms with E-state index in [0.717, 1.165) is 11.6 Å². The van der Waals surface area contributed by atoms with Crippen LogP contribution >= 0.6 is 0 Å². The number of amides is 1. The molecule has 0 aliphatic heterocycles. The van der Waals surface area contributed by atoms with Gasteiger partial charge in [-0.2, -0.15) is 0 Å². The molecule has 0 heterocycles. The first-order valence-electron chi connectivity index (χ1n) is 8.73.